The van der Waals surface area contributed by atoms with E-state index in [1.54, 1.807) is 23.3 Å². The van der Waals surface area contributed by atoms with Gasteiger partial charge in [-0.1, -0.05) is 69.4 Å². The fraction of sp³-hybridized carbons (Fsp3) is 0.556. The van der Waals surface area contributed by atoms with E-state index in [-0.39, 0.29) is 24.4 Å². The molecule has 1 aliphatic rings. The van der Waals surface area contributed by atoms with Gasteiger partial charge in [0.1, 0.15) is 0 Å². The van der Waals surface area contributed by atoms with E-state index in [1.165, 1.54) is 36.1 Å². The first-order chi connectivity index (χ1) is 16.2. The van der Waals surface area contributed by atoms with Crippen LogP contribution in [-0.4, -0.2) is 55.0 Å². The molecule has 0 bridgehead atoms. The van der Waals surface area contributed by atoms with E-state index < -0.39 is 0 Å². The predicted octanol–water partition coefficient (Wildman–Crippen LogP) is 5.45. The number of amides is 2. The zero-order chi connectivity index (χ0) is 23.5. The second-order valence-corrected chi connectivity index (χ2v) is 9.78. The first-order valence-electron chi connectivity index (χ1n) is 12.3. The molecule has 0 N–H and O–H groups in total. The second kappa shape index (κ2) is 13.5. The van der Waals surface area contributed by atoms with Crippen LogP contribution in [0.15, 0.2) is 41.8 Å². The summed E-state index contributed by atoms with van der Waals surface area (Å²) in [5.41, 5.74) is 2.33. The van der Waals surface area contributed by atoms with Crippen molar-refractivity contribution in [2.24, 2.45) is 0 Å². The first kappa shape index (κ1) is 25.4. The van der Waals surface area contributed by atoms with Gasteiger partial charge in [-0.25, -0.2) is 0 Å². The zero-order valence-corrected chi connectivity index (χ0v) is 20.9. The smallest absolute Gasteiger partial charge is 0.242 e. The molecule has 2 heterocycles. The van der Waals surface area contributed by atoms with Crippen molar-refractivity contribution in [1.82, 2.24) is 9.80 Å². The van der Waals surface area contributed by atoms with E-state index in [9.17, 15) is 9.59 Å². The number of fused-ring (bicyclic) bond motifs is 1. The highest BCUT2D eigenvalue weighted by atomic mass is 32.1. The zero-order valence-electron chi connectivity index (χ0n) is 20.1. The molecule has 0 saturated heterocycles. The molecule has 1 aromatic carbocycles. The van der Waals surface area contributed by atoms with E-state index in [0.29, 0.717) is 26.1 Å². The van der Waals surface area contributed by atoms with E-state index in [0.717, 1.165) is 24.8 Å². The molecular formula is C27H38N2O3S. The van der Waals surface area contributed by atoms with Crippen LogP contribution in [0.2, 0.25) is 0 Å². The van der Waals surface area contributed by atoms with Gasteiger partial charge in [0.15, 0.2) is 0 Å². The van der Waals surface area contributed by atoms with E-state index in [2.05, 4.69) is 30.5 Å². The molecule has 0 radical (unpaired) electrons. The third-order valence-corrected chi connectivity index (χ3v) is 7.39. The number of ether oxygens (including phenoxy) is 1. The highest BCUT2D eigenvalue weighted by molar-refractivity contribution is 7.10. The highest BCUT2D eigenvalue weighted by Gasteiger charge is 2.33. The number of thiophene rings is 1. The third-order valence-electron chi connectivity index (χ3n) is 6.39. The lowest BCUT2D eigenvalue weighted by Crippen LogP contribution is -2.47. The summed E-state index contributed by atoms with van der Waals surface area (Å²) in [4.78, 5) is 31.5. The summed E-state index contributed by atoms with van der Waals surface area (Å²) in [5, 5.41) is 2.11. The maximum absolute atomic E-state index is 13.5. The molecule has 1 unspecified atom stereocenters. The predicted molar refractivity (Wildman–Crippen MR) is 134 cm³/mol. The number of rotatable bonds is 13. The van der Waals surface area contributed by atoms with Crippen LogP contribution >= 0.6 is 11.3 Å². The lowest BCUT2D eigenvalue weighted by molar-refractivity contribution is -0.142. The summed E-state index contributed by atoms with van der Waals surface area (Å²) in [5.74, 6) is 0.0634. The minimum Gasteiger partial charge on any atom is -0.383 e. The highest BCUT2D eigenvalue weighted by Crippen LogP contribution is 2.37. The SMILES string of the molecule is CCCCCCCCC(=O)N(CCOC)CC(=O)N1CCc2sccc2C1c1ccccc1. The summed E-state index contributed by atoms with van der Waals surface area (Å²) in [7, 11) is 1.63. The van der Waals surface area contributed by atoms with Gasteiger partial charge < -0.3 is 14.5 Å². The van der Waals surface area contributed by atoms with Gasteiger partial charge in [-0.3, -0.25) is 9.59 Å². The Labute approximate surface area is 202 Å². The number of methoxy groups -OCH3 is 1. The Kier molecular flexibility index (Phi) is 10.4. The van der Waals surface area contributed by atoms with Gasteiger partial charge >= 0.3 is 0 Å². The number of carbonyl (C=O) groups excluding carboxylic acids is 2. The van der Waals surface area contributed by atoms with Crippen molar-refractivity contribution in [3.63, 3.8) is 0 Å². The molecular weight excluding hydrogens is 432 g/mol. The van der Waals surface area contributed by atoms with Gasteiger partial charge in [0, 0.05) is 31.5 Å². The molecule has 6 heteroatoms. The van der Waals surface area contributed by atoms with Crippen molar-refractivity contribution >= 4 is 23.2 Å². The summed E-state index contributed by atoms with van der Waals surface area (Å²) in [6.45, 7) is 3.88. The minimum atomic E-state index is -0.0911. The van der Waals surface area contributed by atoms with Crippen LogP contribution in [0.25, 0.3) is 0 Å². The number of benzene rings is 1. The molecule has 180 valence electrons. The number of carbonyl (C=O) groups is 2. The van der Waals surface area contributed by atoms with Crippen LogP contribution in [0.4, 0.5) is 0 Å². The van der Waals surface area contributed by atoms with Crippen molar-refractivity contribution in [2.45, 2.75) is 64.3 Å². The summed E-state index contributed by atoms with van der Waals surface area (Å²) in [6.07, 6.45) is 8.21. The minimum absolute atomic E-state index is 0.00750. The van der Waals surface area contributed by atoms with E-state index in [1.807, 2.05) is 23.1 Å². The largest absolute Gasteiger partial charge is 0.383 e. The molecule has 3 rings (SSSR count). The van der Waals surface area contributed by atoms with E-state index >= 15 is 0 Å². The van der Waals surface area contributed by atoms with Crippen LogP contribution in [0.5, 0.6) is 0 Å². The average molecular weight is 471 g/mol. The van der Waals surface area contributed by atoms with Gasteiger partial charge in [-0.2, -0.15) is 0 Å². The van der Waals surface area contributed by atoms with Crippen molar-refractivity contribution in [1.29, 1.82) is 0 Å². The average Bonchev–Trinajstić information content (AvgIpc) is 3.32. The Morgan fingerprint density at radius 3 is 2.61 bits per heavy atom. The lowest BCUT2D eigenvalue weighted by atomic mass is 9.93. The number of nitrogens with zero attached hydrogens (tertiary/aromatic N) is 2. The molecule has 1 atom stereocenters. The van der Waals surface area contributed by atoms with Crippen LogP contribution < -0.4 is 0 Å². The van der Waals surface area contributed by atoms with Gasteiger partial charge in [-0.15, -0.1) is 11.3 Å². The van der Waals surface area contributed by atoms with Crippen molar-refractivity contribution in [2.75, 3.05) is 33.4 Å². The fourth-order valence-electron chi connectivity index (χ4n) is 4.54. The summed E-state index contributed by atoms with van der Waals surface area (Å²) < 4.78 is 5.23. The number of hydrogen-bond donors (Lipinski definition) is 0. The summed E-state index contributed by atoms with van der Waals surface area (Å²) >= 11 is 1.76. The molecule has 0 saturated carbocycles. The lowest BCUT2D eigenvalue weighted by Gasteiger charge is -2.37. The number of hydrogen-bond acceptors (Lipinski definition) is 4. The van der Waals surface area contributed by atoms with Crippen LogP contribution in [0.1, 0.15) is 73.9 Å². The van der Waals surface area contributed by atoms with Crippen molar-refractivity contribution in [3.05, 3.63) is 57.8 Å². The Morgan fingerprint density at radius 2 is 1.85 bits per heavy atom. The molecule has 1 aromatic heterocycles. The van der Waals surface area contributed by atoms with Gasteiger partial charge in [-0.05, 0) is 35.4 Å². The Balaban J connectivity index is 1.66. The summed E-state index contributed by atoms with van der Waals surface area (Å²) in [6, 6.07) is 12.3. The van der Waals surface area contributed by atoms with Crippen LogP contribution in [-0.2, 0) is 20.7 Å². The Bertz CT molecular complexity index is 867. The van der Waals surface area contributed by atoms with Gasteiger partial charge in [0.2, 0.25) is 11.8 Å². The van der Waals surface area contributed by atoms with Gasteiger partial charge in [0.05, 0.1) is 19.2 Å². The van der Waals surface area contributed by atoms with Crippen LogP contribution in [0, 0.1) is 0 Å². The number of unbranched alkanes of at least 4 members (excludes halogenated alkanes) is 5. The molecule has 0 fully saturated rings. The van der Waals surface area contributed by atoms with Crippen molar-refractivity contribution < 1.29 is 14.3 Å². The topological polar surface area (TPSA) is 49.9 Å². The maximum Gasteiger partial charge on any atom is 0.242 e. The third kappa shape index (κ3) is 7.15. The molecule has 33 heavy (non-hydrogen) atoms. The molecule has 1 aliphatic heterocycles. The fourth-order valence-corrected chi connectivity index (χ4v) is 5.45. The van der Waals surface area contributed by atoms with E-state index in [4.69, 9.17) is 4.74 Å². The second-order valence-electron chi connectivity index (χ2n) is 8.78. The van der Waals surface area contributed by atoms with Gasteiger partial charge in [0.25, 0.3) is 0 Å². The Morgan fingerprint density at radius 1 is 1.09 bits per heavy atom. The standard InChI is InChI=1S/C27H38N2O3S/c1-3-4-5-6-7-11-14-25(30)28(18-19-32-2)21-26(31)29-17-15-24-23(16-20-33-24)27(29)22-12-9-8-10-13-22/h8-10,12-13,16,20,27H,3-7,11,14-15,17-19,21H2,1-2H3. The molecule has 2 amide bonds. The molecule has 0 spiro atoms. The molecule has 0 aliphatic carbocycles. The van der Waals surface area contributed by atoms with Crippen molar-refractivity contribution in [3.8, 4) is 0 Å². The first-order valence-corrected chi connectivity index (χ1v) is 13.2. The normalized spacial score (nSPS) is 15.3. The molecule has 5 nitrogen and oxygen atoms in total. The monoisotopic (exact) mass is 470 g/mol. The Hall–Kier alpha value is -2.18. The quantitative estimate of drug-likeness (QED) is 0.366. The maximum atomic E-state index is 13.5. The van der Waals surface area contributed by atoms with Crippen LogP contribution in [0.3, 0.4) is 0 Å². The molecule has 2 aromatic rings.